The minimum absolute atomic E-state index is 0.131. The minimum Gasteiger partial charge on any atom is -0.475 e. The first-order valence-corrected chi connectivity index (χ1v) is 7.40. The minimum atomic E-state index is -0.326. The van der Waals surface area contributed by atoms with Crippen molar-refractivity contribution in [1.29, 1.82) is 0 Å². The summed E-state index contributed by atoms with van der Waals surface area (Å²) in [6, 6.07) is 2.28. The summed E-state index contributed by atoms with van der Waals surface area (Å²) >= 11 is 0. The molecule has 0 unspecified atom stereocenters. The van der Waals surface area contributed by atoms with Gasteiger partial charge in [0.25, 0.3) is 5.88 Å². The Labute approximate surface area is 118 Å². The highest BCUT2D eigenvalue weighted by molar-refractivity contribution is 5.23. The van der Waals surface area contributed by atoms with Crippen LogP contribution in [0.25, 0.3) is 0 Å². The third-order valence-corrected chi connectivity index (χ3v) is 3.89. The van der Waals surface area contributed by atoms with Gasteiger partial charge in [-0.2, -0.15) is 0 Å². The van der Waals surface area contributed by atoms with Crippen LogP contribution in [0, 0.1) is 11.7 Å². The monoisotopic (exact) mass is 280 g/mol. The van der Waals surface area contributed by atoms with Crippen molar-refractivity contribution in [1.82, 2.24) is 10.3 Å². The molecular weight excluding hydrogens is 259 g/mol. The summed E-state index contributed by atoms with van der Waals surface area (Å²) in [5.74, 6) is 0.248. The molecule has 1 aromatic rings. The van der Waals surface area contributed by atoms with E-state index in [4.69, 9.17) is 9.47 Å². The Morgan fingerprint density at radius 2 is 2.10 bits per heavy atom. The fraction of sp³-hybridized carbons (Fsp3) is 0.667. The Morgan fingerprint density at radius 1 is 1.30 bits per heavy atom. The molecule has 0 spiro atoms. The standard InChI is InChI=1S/C15H21FN2O2/c16-14-12(9-18-13-1-2-13)3-6-17-15(14)20-10-11-4-7-19-8-5-11/h3,6,11,13,18H,1-2,4-5,7-10H2. The zero-order valence-electron chi connectivity index (χ0n) is 11.6. The van der Waals surface area contributed by atoms with Crippen LogP contribution in [0.2, 0.25) is 0 Å². The molecule has 110 valence electrons. The van der Waals surface area contributed by atoms with Crippen LogP contribution < -0.4 is 10.1 Å². The van der Waals surface area contributed by atoms with Gasteiger partial charge in [-0.1, -0.05) is 0 Å². The van der Waals surface area contributed by atoms with E-state index in [1.165, 1.54) is 12.8 Å². The Morgan fingerprint density at radius 3 is 2.85 bits per heavy atom. The van der Waals surface area contributed by atoms with E-state index in [0.29, 0.717) is 30.7 Å². The molecule has 20 heavy (non-hydrogen) atoms. The first kappa shape index (κ1) is 13.8. The third kappa shape index (κ3) is 3.67. The van der Waals surface area contributed by atoms with Crippen molar-refractivity contribution in [2.24, 2.45) is 5.92 Å². The van der Waals surface area contributed by atoms with Crippen molar-refractivity contribution in [2.75, 3.05) is 19.8 Å². The molecule has 0 amide bonds. The van der Waals surface area contributed by atoms with Gasteiger partial charge in [-0.05, 0) is 37.7 Å². The summed E-state index contributed by atoms with van der Waals surface area (Å²) in [5, 5.41) is 3.31. The summed E-state index contributed by atoms with van der Waals surface area (Å²) in [4.78, 5) is 4.01. The summed E-state index contributed by atoms with van der Waals surface area (Å²) in [7, 11) is 0. The summed E-state index contributed by atoms with van der Waals surface area (Å²) < 4.78 is 25.1. The van der Waals surface area contributed by atoms with Crippen LogP contribution in [0.4, 0.5) is 4.39 Å². The SMILES string of the molecule is Fc1c(CNC2CC2)ccnc1OCC1CCOCC1. The molecule has 1 aliphatic heterocycles. The first-order chi connectivity index (χ1) is 9.83. The van der Waals surface area contributed by atoms with Crippen molar-refractivity contribution in [2.45, 2.75) is 38.3 Å². The van der Waals surface area contributed by atoms with Crippen molar-refractivity contribution >= 4 is 0 Å². The Bertz CT molecular complexity index is 445. The van der Waals surface area contributed by atoms with E-state index >= 15 is 0 Å². The second-order valence-electron chi connectivity index (χ2n) is 5.61. The second kappa shape index (κ2) is 6.50. The van der Waals surface area contributed by atoms with Crippen molar-refractivity contribution in [3.63, 3.8) is 0 Å². The normalized spacial score (nSPS) is 20.1. The average molecular weight is 280 g/mol. The lowest BCUT2D eigenvalue weighted by molar-refractivity contribution is 0.0483. The molecule has 1 saturated heterocycles. The fourth-order valence-electron chi connectivity index (χ4n) is 2.35. The molecule has 0 radical (unpaired) electrons. The maximum Gasteiger partial charge on any atom is 0.250 e. The smallest absolute Gasteiger partial charge is 0.250 e. The molecule has 0 atom stereocenters. The number of ether oxygens (including phenoxy) is 2. The topological polar surface area (TPSA) is 43.4 Å². The van der Waals surface area contributed by atoms with Crippen molar-refractivity contribution in [3.8, 4) is 5.88 Å². The Kier molecular flexibility index (Phi) is 4.47. The summed E-state index contributed by atoms with van der Waals surface area (Å²) in [6.45, 7) is 2.62. The zero-order valence-corrected chi connectivity index (χ0v) is 11.6. The number of hydrogen-bond acceptors (Lipinski definition) is 4. The van der Waals surface area contributed by atoms with E-state index in [9.17, 15) is 4.39 Å². The van der Waals surface area contributed by atoms with Crippen LogP contribution in [0.5, 0.6) is 5.88 Å². The number of aromatic nitrogens is 1. The van der Waals surface area contributed by atoms with Gasteiger partial charge in [0.15, 0.2) is 5.82 Å². The molecule has 0 bridgehead atoms. The van der Waals surface area contributed by atoms with Gasteiger partial charge in [0.1, 0.15) is 0 Å². The predicted octanol–water partition coefficient (Wildman–Crippen LogP) is 2.28. The molecule has 2 heterocycles. The van der Waals surface area contributed by atoms with Crippen LogP contribution in [0.3, 0.4) is 0 Å². The van der Waals surface area contributed by atoms with Gasteiger partial charge in [0.05, 0.1) is 6.61 Å². The summed E-state index contributed by atoms with van der Waals surface area (Å²) in [6.07, 6.45) is 5.96. The van der Waals surface area contributed by atoms with E-state index in [2.05, 4.69) is 10.3 Å². The highest BCUT2D eigenvalue weighted by Crippen LogP contribution is 2.23. The van der Waals surface area contributed by atoms with Crippen LogP contribution in [0.15, 0.2) is 12.3 Å². The van der Waals surface area contributed by atoms with Crippen LogP contribution in [-0.4, -0.2) is 30.8 Å². The lowest BCUT2D eigenvalue weighted by atomic mass is 10.0. The van der Waals surface area contributed by atoms with E-state index in [1.54, 1.807) is 12.3 Å². The number of nitrogens with one attached hydrogen (secondary N) is 1. The Hall–Kier alpha value is -1.20. The molecule has 4 nitrogen and oxygen atoms in total. The number of halogens is 1. The largest absolute Gasteiger partial charge is 0.475 e. The molecule has 3 rings (SSSR count). The summed E-state index contributed by atoms with van der Waals surface area (Å²) in [5.41, 5.74) is 0.633. The molecular formula is C15H21FN2O2. The van der Waals surface area contributed by atoms with Gasteiger partial charge in [-0.25, -0.2) is 9.37 Å². The second-order valence-corrected chi connectivity index (χ2v) is 5.61. The number of nitrogens with zero attached hydrogens (tertiary/aromatic N) is 1. The quantitative estimate of drug-likeness (QED) is 0.868. The third-order valence-electron chi connectivity index (χ3n) is 3.89. The van der Waals surface area contributed by atoms with Crippen molar-refractivity contribution < 1.29 is 13.9 Å². The molecule has 2 fully saturated rings. The average Bonchev–Trinajstić information content (AvgIpc) is 3.30. The number of rotatable bonds is 6. The molecule has 0 aromatic carbocycles. The van der Waals surface area contributed by atoms with Gasteiger partial charge in [0.2, 0.25) is 0 Å². The fourth-order valence-corrected chi connectivity index (χ4v) is 2.35. The van der Waals surface area contributed by atoms with Gasteiger partial charge < -0.3 is 14.8 Å². The van der Waals surface area contributed by atoms with Gasteiger partial charge in [0, 0.05) is 37.6 Å². The maximum atomic E-state index is 14.2. The molecule has 1 saturated carbocycles. The van der Waals surface area contributed by atoms with E-state index < -0.39 is 0 Å². The predicted molar refractivity (Wildman–Crippen MR) is 73.1 cm³/mol. The highest BCUT2D eigenvalue weighted by Gasteiger charge is 2.21. The van der Waals surface area contributed by atoms with Gasteiger partial charge >= 0.3 is 0 Å². The van der Waals surface area contributed by atoms with Crippen LogP contribution in [0.1, 0.15) is 31.2 Å². The molecule has 1 aliphatic carbocycles. The van der Waals surface area contributed by atoms with Gasteiger partial charge in [-0.3, -0.25) is 0 Å². The van der Waals surface area contributed by atoms with E-state index in [0.717, 1.165) is 26.1 Å². The number of hydrogen-bond donors (Lipinski definition) is 1. The molecule has 1 aromatic heterocycles. The lowest BCUT2D eigenvalue weighted by Crippen LogP contribution is -2.22. The Balaban J connectivity index is 1.55. The first-order valence-electron chi connectivity index (χ1n) is 7.40. The van der Waals surface area contributed by atoms with Crippen molar-refractivity contribution in [3.05, 3.63) is 23.6 Å². The van der Waals surface area contributed by atoms with Crippen LogP contribution in [-0.2, 0) is 11.3 Å². The molecule has 5 heteroatoms. The molecule has 2 aliphatic rings. The lowest BCUT2D eigenvalue weighted by Gasteiger charge is -2.22. The number of pyridine rings is 1. The highest BCUT2D eigenvalue weighted by atomic mass is 19.1. The molecule has 1 N–H and O–H groups in total. The maximum absolute atomic E-state index is 14.2. The zero-order chi connectivity index (χ0) is 13.8. The van der Waals surface area contributed by atoms with Crippen LogP contribution >= 0.6 is 0 Å². The van der Waals surface area contributed by atoms with E-state index in [1.807, 2.05) is 0 Å². The van der Waals surface area contributed by atoms with Gasteiger partial charge in [-0.15, -0.1) is 0 Å². The van der Waals surface area contributed by atoms with E-state index in [-0.39, 0.29) is 11.7 Å².